The van der Waals surface area contributed by atoms with Crippen molar-refractivity contribution in [2.45, 2.75) is 25.1 Å². The van der Waals surface area contributed by atoms with E-state index in [9.17, 15) is 0 Å². The van der Waals surface area contributed by atoms with Crippen LogP contribution in [0.1, 0.15) is 12.0 Å². The van der Waals surface area contributed by atoms with Crippen LogP contribution in [0.25, 0.3) is 0 Å². The van der Waals surface area contributed by atoms with Crippen molar-refractivity contribution in [3.8, 4) is 0 Å². The third kappa shape index (κ3) is 2.45. The minimum Gasteiger partial charge on any atom is -0.375 e. The number of rotatable bonds is 3. The average molecular weight is 289 g/mol. The lowest BCUT2D eigenvalue weighted by Gasteiger charge is -2.26. The number of morpholine rings is 1. The van der Waals surface area contributed by atoms with Gasteiger partial charge in [0.25, 0.3) is 0 Å². The van der Waals surface area contributed by atoms with Crippen LogP contribution in [0.3, 0.4) is 0 Å². The molecule has 0 unspecified atom stereocenters. The van der Waals surface area contributed by atoms with E-state index in [0.717, 1.165) is 37.2 Å². The normalized spacial score (nSPS) is 28.1. The largest absolute Gasteiger partial charge is 0.375 e. The molecule has 1 aromatic rings. The molecular weight excluding hydrogens is 270 g/mol. The van der Waals surface area contributed by atoms with Gasteiger partial charge in [-0.15, -0.1) is 0 Å². The van der Waals surface area contributed by atoms with Crippen LogP contribution in [0.2, 0.25) is 0 Å². The highest BCUT2D eigenvalue weighted by molar-refractivity contribution is 8.14. The molecule has 0 aliphatic carbocycles. The molecule has 3 heterocycles. The van der Waals surface area contributed by atoms with Gasteiger partial charge in [0.2, 0.25) is 0 Å². The third-order valence-electron chi connectivity index (χ3n) is 4.28. The van der Waals surface area contributed by atoms with Gasteiger partial charge in [0.1, 0.15) is 0 Å². The Hall–Kier alpha value is -1.04. The van der Waals surface area contributed by atoms with Crippen LogP contribution in [0.4, 0.5) is 5.69 Å². The van der Waals surface area contributed by atoms with E-state index in [1.54, 1.807) is 0 Å². The van der Waals surface area contributed by atoms with Crippen LogP contribution in [-0.4, -0.2) is 47.7 Å². The fourth-order valence-corrected chi connectivity index (χ4v) is 4.04. The Balaban J connectivity index is 1.28. The molecule has 0 amide bonds. The molecule has 2 atom stereocenters. The maximum atomic E-state index is 5.63. The summed E-state index contributed by atoms with van der Waals surface area (Å²) in [7, 11) is 0. The van der Waals surface area contributed by atoms with Crippen LogP contribution >= 0.6 is 11.8 Å². The third-order valence-corrected chi connectivity index (χ3v) is 5.17. The van der Waals surface area contributed by atoms with E-state index < -0.39 is 0 Å². The number of amidine groups is 1. The maximum Gasteiger partial charge on any atom is 0.161 e. The number of hydrogen-bond acceptors (Lipinski definition) is 5. The van der Waals surface area contributed by atoms with Crippen LogP contribution < -0.4 is 5.32 Å². The van der Waals surface area contributed by atoms with Gasteiger partial charge < -0.3 is 10.1 Å². The number of hydrogen-bond donors (Lipinski definition) is 1. The zero-order valence-electron chi connectivity index (χ0n) is 11.4. The molecule has 4 nitrogen and oxygen atoms in total. The lowest BCUT2D eigenvalue weighted by molar-refractivity contribution is 0.0334. The Labute approximate surface area is 123 Å². The van der Waals surface area contributed by atoms with Gasteiger partial charge in [-0.05, 0) is 18.1 Å². The standard InChI is InChI=1S/C15H19N3OS/c1-2-4-14-11(3-1)8-16-15(17-14)20-6-5-18-9-13-7-12(18)10-19-13/h1-4,12-13H,5-10H2,(H,16,17)/t12-,13-/m1/s1. The summed E-state index contributed by atoms with van der Waals surface area (Å²) >= 11 is 1.83. The van der Waals surface area contributed by atoms with E-state index in [-0.39, 0.29) is 0 Å². The summed E-state index contributed by atoms with van der Waals surface area (Å²) in [5.74, 6) is 1.09. The second kappa shape index (κ2) is 5.39. The number of likely N-dealkylation sites (tertiary alicyclic amines) is 1. The van der Waals surface area contributed by atoms with Crippen molar-refractivity contribution in [1.82, 2.24) is 4.90 Å². The molecule has 4 rings (SSSR count). The molecule has 0 radical (unpaired) electrons. The summed E-state index contributed by atoms with van der Waals surface area (Å²) in [6.45, 7) is 3.99. The SMILES string of the molecule is c1ccc2c(c1)CN=C(SCCN1C[C@H]3C[C@@H]1CO3)N2. The number of fused-ring (bicyclic) bond motifs is 3. The zero-order valence-corrected chi connectivity index (χ0v) is 12.2. The molecule has 3 aliphatic heterocycles. The first-order valence-electron chi connectivity index (χ1n) is 7.26. The number of nitrogens with zero attached hydrogens (tertiary/aromatic N) is 2. The van der Waals surface area contributed by atoms with Crippen LogP contribution in [0, 0.1) is 0 Å². The number of para-hydroxylation sites is 1. The molecule has 1 aromatic carbocycles. The van der Waals surface area contributed by atoms with Gasteiger partial charge in [0.05, 0.1) is 19.3 Å². The van der Waals surface area contributed by atoms with E-state index in [0.29, 0.717) is 12.1 Å². The molecular formula is C15H19N3OS. The monoisotopic (exact) mass is 289 g/mol. The van der Waals surface area contributed by atoms with E-state index in [1.807, 2.05) is 11.8 Å². The summed E-state index contributed by atoms with van der Waals surface area (Å²) in [6.07, 6.45) is 1.74. The predicted molar refractivity (Wildman–Crippen MR) is 83.4 cm³/mol. The summed E-state index contributed by atoms with van der Waals surface area (Å²) in [5.41, 5.74) is 2.49. The van der Waals surface area contributed by atoms with E-state index >= 15 is 0 Å². The highest BCUT2D eigenvalue weighted by atomic mass is 32.2. The molecule has 0 saturated carbocycles. The minimum absolute atomic E-state index is 0.502. The summed E-state index contributed by atoms with van der Waals surface area (Å²) < 4.78 is 5.63. The summed E-state index contributed by atoms with van der Waals surface area (Å²) in [5, 5.41) is 4.49. The number of nitrogens with one attached hydrogen (secondary N) is 1. The Morgan fingerprint density at radius 2 is 2.35 bits per heavy atom. The van der Waals surface area contributed by atoms with E-state index in [1.165, 1.54) is 17.7 Å². The highest BCUT2D eigenvalue weighted by Crippen LogP contribution is 2.28. The van der Waals surface area contributed by atoms with Gasteiger partial charge in [0, 0.05) is 30.6 Å². The first-order valence-corrected chi connectivity index (χ1v) is 8.25. The van der Waals surface area contributed by atoms with Gasteiger partial charge in [0.15, 0.2) is 5.17 Å². The molecule has 20 heavy (non-hydrogen) atoms. The fourth-order valence-electron chi connectivity index (χ4n) is 3.19. The van der Waals surface area contributed by atoms with Crippen molar-refractivity contribution in [1.29, 1.82) is 0 Å². The predicted octanol–water partition coefficient (Wildman–Crippen LogP) is 2.17. The van der Waals surface area contributed by atoms with Gasteiger partial charge in [-0.1, -0.05) is 30.0 Å². The molecule has 2 bridgehead atoms. The van der Waals surface area contributed by atoms with Crippen LogP contribution in [-0.2, 0) is 11.3 Å². The smallest absolute Gasteiger partial charge is 0.161 e. The molecule has 5 heteroatoms. The molecule has 0 aromatic heterocycles. The lowest BCUT2D eigenvalue weighted by atomic mass is 10.1. The topological polar surface area (TPSA) is 36.9 Å². The first kappa shape index (κ1) is 12.7. The number of aliphatic imine (C=N–C) groups is 1. The van der Waals surface area contributed by atoms with Gasteiger partial charge in [-0.25, -0.2) is 0 Å². The Morgan fingerprint density at radius 3 is 3.20 bits per heavy atom. The Morgan fingerprint density at radius 1 is 1.40 bits per heavy atom. The molecule has 3 aliphatic rings. The van der Waals surface area contributed by atoms with Gasteiger partial charge in [-0.2, -0.15) is 0 Å². The van der Waals surface area contributed by atoms with E-state index in [4.69, 9.17) is 4.74 Å². The second-order valence-corrected chi connectivity index (χ2v) is 6.68. The van der Waals surface area contributed by atoms with Gasteiger partial charge in [-0.3, -0.25) is 9.89 Å². The highest BCUT2D eigenvalue weighted by Gasteiger charge is 2.38. The Kier molecular flexibility index (Phi) is 3.42. The molecule has 1 N–H and O–H groups in total. The average Bonchev–Trinajstić information content (AvgIpc) is 3.10. The maximum absolute atomic E-state index is 5.63. The Bertz CT molecular complexity index is 534. The quantitative estimate of drug-likeness (QED) is 0.925. The number of thioether (sulfide) groups is 1. The summed E-state index contributed by atoms with van der Waals surface area (Å²) in [4.78, 5) is 7.18. The molecule has 2 saturated heterocycles. The van der Waals surface area contributed by atoms with Crippen molar-refractivity contribution in [3.05, 3.63) is 29.8 Å². The molecule has 0 spiro atoms. The van der Waals surface area contributed by atoms with E-state index in [2.05, 4.69) is 39.5 Å². The van der Waals surface area contributed by atoms with Crippen molar-refractivity contribution in [2.75, 3.05) is 30.8 Å². The van der Waals surface area contributed by atoms with Crippen molar-refractivity contribution < 1.29 is 4.74 Å². The second-order valence-electron chi connectivity index (χ2n) is 5.59. The lowest BCUT2D eigenvalue weighted by Crippen LogP contribution is -2.38. The number of benzene rings is 1. The van der Waals surface area contributed by atoms with Crippen LogP contribution in [0.15, 0.2) is 29.3 Å². The zero-order chi connectivity index (χ0) is 13.4. The minimum atomic E-state index is 0.502. The molecule has 2 fully saturated rings. The number of anilines is 1. The number of ether oxygens (including phenoxy) is 1. The fraction of sp³-hybridized carbons (Fsp3) is 0.533. The van der Waals surface area contributed by atoms with Crippen molar-refractivity contribution >= 4 is 22.6 Å². The van der Waals surface area contributed by atoms with Gasteiger partial charge >= 0.3 is 0 Å². The van der Waals surface area contributed by atoms with Crippen LogP contribution in [0.5, 0.6) is 0 Å². The summed E-state index contributed by atoms with van der Waals surface area (Å²) in [6, 6.07) is 9.07. The van der Waals surface area contributed by atoms with Crippen molar-refractivity contribution in [2.24, 2.45) is 4.99 Å². The van der Waals surface area contributed by atoms with Crippen molar-refractivity contribution in [3.63, 3.8) is 0 Å². The first-order chi connectivity index (χ1) is 9.88. The molecule has 106 valence electrons.